The molecule has 0 aliphatic carbocycles. The quantitative estimate of drug-likeness (QED) is 0.543. The average molecular weight is 267 g/mol. The molecule has 0 aromatic heterocycles. The average Bonchev–Trinajstić information content (AvgIpc) is 2.02. The van der Waals surface area contributed by atoms with Crippen molar-refractivity contribution in [2.45, 2.75) is 33.6 Å². The van der Waals surface area contributed by atoms with Crippen LogP contribution in [0.25, 0.3) is 0 Å². The SMILES string of the molecule is C=C(C(C)CC)N(I)CCC. The van der Waals surface area contributed by atoms with Gasteiger partial charge in [0.2, 0.25) is 0 Å². The molecule has 0 bridgehead atoms. The van der Waals surface area contributed by atoms with Crippen LogP contribution in [0.2, 0.25) is 0 Å². The van der Waals surface area contributed by atoms with E-state index in [1.54, 1.807) is 0 Å². The molecule has 0 aromatic rings. The van der Waals surface area contributed by atoms with Crippen molar-refractivity contribution in [3.05, 3.63) is 12.3 Å². The summed E-state index contributed by atoms with van der Waals surface area (Å²) in [7, 11) is 0. The summed E-state index contributed by atoms with van der Waals surface area (Å²) in [5, 5.41) is 0. The van der Waals surface area contributed by atoms with E-state index < -0.39 is 0 Å². The molecule has 0 aliphatic heterocycles. The Balaban J connectivity index is 3.81. The molecule has 0 rings (SSSR count). The van der Waals surface area contributed by atoms with Gasteiger partial charge in [0.05, 0.1) is 22.9 Å². The maximum absolute atomic E-state index is 4.06. The third-order valence-electron chi connectivity index (χ3n) is 1.91. The van der Waals surface area contributed by atoms with Crippen molar-refractivity contribution in [1.82, 2.24) is 3.11 Å². The van der Waals surface area contributed by atoms with Crippen LogP contribution in [-0.4, -0.2) is 9.66 Å². The smallest absolute Gasteiger partial charge is 0.0588 e. The van der Waals surface area contributed by atoms with Crippen molar-refractivity contribution in [3.63, 3.8) is 0 Å². The first kappa shape index (κ1) is 11.3. The van der Waals surface area contributed by atoms with Crippen LogP contribution in [0.4, 0.5) is 0 Å². The molecule has 1 unspecified atom stereocenters. The first-order valence-corrected chi connectivity index (χ1v) is 5.22. The number of allylic oxidation sites excluding steroid dienone is 1. The predicted octanol–water partition coefficient (Wildman–Crippen LogP) is 3.61. The van der Waals surface area contributed by atoms with Crippen molar-refractivity contribution in [2.75, 3.05) is 6.54 Å². The summed E-state index contributed by atoms with van der Waals surface area (Å²) in [6.45, 7) is 11.8. The zero-order chi connectivity index (χ0) is 8.85. The fourth-order valence-electron chi connectivity index (χ4n) is 0.815. The van der Waals surface area contributed by atoms with E-state index in [1.807, 2.05) is 0 Å². The van der Waals surface area contributed by atoms with E-state index in [2.05, 4.69) is 53.3 Å². The second-order valence-corrected chi connectivity index (χ2v) is 4.05. The zero-order valence-electron chi connectivity index (χ0n) is 7.73. The highest BCUT2D eigenvalue weighted by molar-refractivity contribution is 14.1. The van der Waals surface area contributed by atoms with Gasteiger partial charge >= 0.3 is 0 Å². The fourth-order valence-corrected chi connectivity index (χ4v) is 1.77. The van der Waals surface area contributed by atoms with Crippen LogP contribution in [0.3, 0.4) is 0 Å². The predicted molar refractivity (Wildman–Crippen MR) is 59.6 cm³/mol. The highest BCUT2D eigenvalue weighted by Crippen LogP contribution is 2.20. The number of hydrogen-bond donors (Lipinski definition) is 0. The van der Waals surface area contributed by atoms with E-state index in [0.717, 1.165) is 6.54 Å². The maximum atomic E-state index is 4.06. The standard InChI is InChI=1S/C9H18IN/c1-5-7-11(10)9(4)8(3)6-2/h8H,4-7H2,1-3H3. The Kier molecular flexibility index (Phi) is 6.01. The van der Waals surface area contributed by atoms with Crippen molar-refractivity contribution in [1.29, 1.82) is 0 Å². The summed E-state index contributed by atoms with van der Waals surface area (Å²) in [5.74, 6) is 0.624. The molecular formula is C9H18IN. The molecule has 0 saturated carbocycles. The molecule has 0 radical (unpaired) electrons. The second-order valence-electron chi connectivity index (χ2n) is 2.89. The summed E-state index contributed by atoms with van der Waals surface area (Å²) in [6, 6.07) is 0. The molecule has 0 N–H and O–H groups in total. The summed E-state index contributed by atoms with van der Waals surface area (Å²) in [4.78, 5) is 0. The lowest BCUT2D eigenvalue weighted by Gasteiger charge is -2.22. The summed E-state index contributed by atoms with van der Waals surface area (Å²) < 4.78 is 2.23. The van der Waals surface area contributed by atoms with Gasteiger partial charge in [0.15, 0.2) is 0 Å². The lowest BCUT2D eigenvalue weighted by molar-refractivity contribution is 0.498. The largest absolute Gasteiger partial charge is 0.319 e. The molecule has 1 nitrogen and oxygen atoms in total. The molecule has 0 amide bonds. The second kappa shape index (κ2) is 5.86. The minimum absolute atomic E-state index is 0.624. The van der Waals surface area contributed by atoms with Crippen LogP contribution in [-0.2, 0) is 0 Å². The first-order valence-electron chi connectivity index (χ1n) is 4.25. The van der Waals surface area contributed by atoms with E-state index >= 15 is 0 Å². The molecule has 0 heterocycles. The lowest BCUT2D eigenvalue weighted by Crippen LogP contribution is -2.15. The van der Waals surface area contributed by atoms with E-state index in [-0.39, 0.29) is 0 Å². The molecule has 0 aliphatic rings. The van der Waals surface area contributed by atoms with Gasteiger partial charge in [0.1, 0.15) is 0 Å². The molecule has 0 aromatic carbocycles. The molecule has 0 saturated heterocycles. The third kappa shape index (κ3) is 3.99. The van der Waals surface area contributed by atoms with Gasteiger partial charge in [-0.15, -0.1) is 0 Å². The number of halogens is 1. The van der Waals surface area contributed by atoms with Gasteiger partial charge in [-0.3, -0.25) is 0 Å². The topological polar surface area (TPSA) is 3.24 Å². The Morgan fingerprint density at radius 3 is 2.45 bits per heavy atom. The van der Waals surface area contributed by atoms with Crippen LogP contribution in [0.5, 0.6) is 0 Å². The van der Waals surface area contributed by atoms with E-state index in [9.17, 15) is 0 Å². The Morgan fingerprint density at radius 1 is 1.55 bits per heavy atom. The van der Waals surface area contributed by atoms with Crippen molar-refractivity contribution < 1.29 is 0 Å². The molecule has 66 valence electrons. The summed E-state index contributed by atoms with van der Waals surface area (Å²) >= 11 is 2.34. The third-order valence-corrected chi connectivity index (χ3v) is 3.01. The van der Waals surface area contributed by atoms with E-state index in [4.69, 9.17) is 0 Å². The van der Waals surface area contributed by atoms with Gasteiger partial charge in [0, 0.05) is 12.2 Å². The van der Waals surface area contributed by atoms with E-state index in [1.165, 1.54) is 18.5 Å². The normalized spacial score (nSPS) is 12.7. The molecule has 11 heavy (non-hydrogen) atoms. The van der Waals surface area contributed by atoms with Gasteiger partial charge in [0.25, 0.3) is 0 Å². The highest BCUT2D eigenvalue weighted by Gasteiger charge is 2.08. The van der Waals surface area contributed by atoms with E-state index in [0.29, 0.717) is 5.92 Å². The maximum Gasteiger partial charge on any atom is 0.0588 e. The van der Waals surface area contributed by atoms with Crippen molar-refractivity contribution >= 4 is 22.9 Å². The minimum Gasteiger partial charge on any atom is -0.319 e. The lowest BCUT2D eigenvalue weighted by atomic mass is 10.1. The minimum atomic E-state index is 0.624. The fraction of sp³-hybridized carbons (Fsp3) is 0.778. The Hall–Kier alpha value is 0.270. The molecule has 1 atom stereocenters. The van der Waals surface area contributed by atoms with Crippen LogP contribution >= 0.6 is 22.9 Å². The Bertz CT molecular complexity index is 123. The van der Waals surface area contributed by atoms with Crippen LogP contribution in [0, 0.1) is 5.92 Å². The Labute approximate surface area is 84.3 Å². The van der Waals surface area contributed by atoms with Gasteiger partial charge in [-0.25, -0.2) is 0 Å². The van der Waals surface area contributed by atoms with Gasteiger partial charge in [-0.2, -0.15) is 0 Å². The van der Waals surface area contributed by atoms with Crippen molar-refractivity contribution in [2.24, 2.45) is 5.92 Å². The molecular weight excluding hydrogens is 249 g/mol. The van der Waals surface area contributed by atoms with Crippen LogP contribution in [0.1, 0.15) is 33.6 Å². The van der Waals surface area contributed by atoms with Gasteiger partial charge in [-0.1, -0.05) is 27.4 Å². The molecule has 0 spiro atoms. The van der Waals surface area contributed by atoms with Crippen molar-refractivity contribution in [3.8, 4) is 0 Å². The molecule has 0 fully saturated rings. The summed E-state index contributed by atoms with van der Waals surface area (Å²) in [5.41, 5.74) is 1.26. The monoisotopic (exact) mass is 267 g/mol. The highest BCUT2D eigenvalue weighted by atomic mass is 127. The van der Waals surface area contributed by atoms with Crippen LogP contribution < -0.4 is 0 Å². The first-order chi connectivity index (χ1) is 5.13. The van der Waals surface area contributed by atoms with Crippen LogP contribution in [0.15, 0.2) is 12.3 Å². The summed E-state index contributed by atoms with van der Waals surface area (Å²) in [6.07, 6.45) is 2.38. The van der Waals surface area contributed by atoms with Gasteiger partial charge in [-0.05, 0) is 18.8 Å². The zero-order valence-corrected chi connectivity index (χ0v) is 9.89. The Morgan fingerprint density at radius 2 is 2.09 bits per heavy atom. The van der Waals surface area contributed by atoms with Gasteiger partial charge < -0.3 is 3.11 Å². The number of rotatable bonds is 5. The molecule has 2 heteroatoms. The number of nitrogens with zero attached hydrogens (tertiary/aromatic N) is 1. The number of hydrogen-bond acceptors (Lipinski definition) is 1.